The van der Waals surface area contributed by atoms with Crippen LogP contribution in [0.5, 0.6) is 0 Å². The van der Waals surface area contributed by atoms with Gasteiger partial charge in [-0.2, -0.15) is 10.4 Å². The van der Waals surface area contributed by atoms with Gasteiger partial charge in [-0.25, -0.2) is 9.97 Å². The number of aryl methyl sites for hydroxylation is 3. The van der Waals surface area contributed by atoms with Gasteiger partial charge in [0.25, 0.3) is 5.91 Å². The molecule has 3 heterocycles. The van der Waals surface area contributed by atoms with E-state index in [4.69, 9.17) is 5.26 Å². The first-order valence-electron chi connectivity index (χ1n) is 6.57. The summed E-state index contributed by atoms with van der Waals surface area (Å²) in [4.78, 5) is 23.6. The highest BCUT2D eigenvalue weighted by atomic mass is 16.1. The molecule has 0 unspecified atom stereocenters. The zero-order chi connectivity index (χ0) is 15.9. The van der Waals surface area contributed by atoms with E-state index in [2.05, 4.69) is 25.4 Å². The van der Waals surface area contributed by atoms with E-state index in [1.807, 2.05) is 19.9 Å². The Hall–Kier alpha value is -3.21. The highest BCUT2D eigenvalue weighted by Crippen LogP contribution is 2.22. The molecule has 2 N–H and O–H groups in total. The van der Waals surface area contributed by atoms with Gasteiger partial charge in [0.2, 0.25) is 0 Å². The summed E-state index contributed by atoms with van der Waals surface area (Å²) in [6.07, 6.45) is 1.36. The van der Waals surface area contributed by atoms with E-state index in [0.29, 0.717) is 22.3 Å². The van der Waals surface area contributed by atoms with E-state index in [1.54, 1.807) is 17.8 Å². The fourth-order valence-electron chi connectivity index (χ4n) is 2.40. The third-order valence-corrected chi connectivity index (χ3v) is 3.32. The van der Waals surface area contributed by atoms with Crippen LogP contribution in [-0.4, -0.2) is 30.6 Å². The number of nitrogens with one attached hydrogen (secondary N) is 2. The van der Waals surface area contributed by atoms with Gasteiger partial charge < -0.3 is 10.3 Å². The van der Waals surface area contributed by atoms with Gasteiger partial charge >= 0.3 is 0 Å². The molecule has 8 heteroatoms. The third-order valence-electron chi connectivity index (χ3n) is 3.32. The fraction of sp³-hybridized carbons (Fsp3) is 0.214. The molecule has 110 valence electrons. The van der Waals surface area contributed by atoms with Crippen molar-refractivity contribution in [1.82, 2.24) is 24.7 Å². The zero-order valence-corrected chi connectivity index (χ0v) is 12.3. The Bertz CT molecular complexity index is 929. The number of anilines is 1. The van der Waals surface area contributed by atoms with E-state index < -0.39 is 0 Å². The molecule has 0 saturated carbocycles. The molecule has 0 aromatic carbocycles. The molecular formula is C14H13N7O. The number of hydrogen-bond acceptors (Lipinski definition) is 5. The van der Waals surface area contributed by atoms with Gasteiger partial charge in [-0.15, -0.1) is 0 Å². The Morgan fingerprint density at radius 2 is 2.23 bits per heavy atom. The average molecular weight is 295 g/mol. The molecule has 0 spiro atoms. The molecular weight excluding hydrogens is 282 g/mol. The standard InChI is InChI=1S/C14H13N7O/c1-7-4-9(11-8(2)20-21(3)13(11)18-7)14(22)19-12-10(5-15)16-6-17-12/h4,6H,1-3H3,(H,16,17)(H,19,22). The number of aromatic nitrogens is 5. The Morgan fingerprint density at radius 3 is 2.95 bits per heavy atom. The molecule has 0 aliphatic carbocycles. The molecule has 0 aliphatic rings. The van der Waals surface area contributed by atoms with Crippen molar-refractivity contribution in [3.8, 4) is 6.07 Å². The maximum absolute atomic E-state index is 12.6. The van der Waals surface area contributed by atoms with Crippen molar-refractivity contribution >= 4 is 22.8 Å². The van der Waals surface area contributed by atoms with Crippen molar-refractivity contribution in [1.29, 1.82) is 5.26 Å². The number of hydrogen-bond donors (Lipinski definition) is 2. The lowest BCUT2D eigenvalue weighted by Gasteiger charge is -2.06. The summed E-state index contributed by atoms with van der Waals surface area (Å²) in [5.41, 5.74) is 2.74. The summed E-state index contributed by atoms with van der Waals surface area (Å²) in [5.74, 6) is -0.146. The minimum absolute atomic E-state index is 0.205. The molecule has 3 aromatic heterocycles. The summed E-state index contributed by atoms with van der Waals surface area (Å²) in [7, 11) is 1.78. The predicted molar refractivity (Wildman–Crippen MR) is 79.2 cm³/mol. The van der Waals surface area contributed by atoms with Crippen molar-refractivity contribution in [2.24, 2.45) is 7.05 Å². The quantitative estimate of drug-likeness (QED) is 0.742. The minimum Gasteiger partial charge on any atom is -0.335 e. The molecule has 8 nitrogen and oxygen atoms in total. The normalized spacial score (nSPS) is 10.6. The fourth-order valence-corrected chi connectivity index (χ4v) is 2.40. The number of nitriles is 1. The minimum atomic E-state index is -0.352. The number of nitrogens with zero attached hydrogens (tertiary/aromatic N) is 5. The maximum atomic E-state index is 12.6. The summed E-state index contributed by atoms with van der Waals surface area (Å²) in [6.45, 7) is 3.64. The molecule has 0 radical (unpaired) electrons. The predicted octanol–water partition coefficient (Wildman–Crippen LogP) is 1.43. The lowest BCUT2D eigenvalue weighted by molar-refractivity contribution is 0.102. The Morgan fingerprint density at radius 1 is 1.45 bits per heavy atom. The number of aromatic amines is 1. The van der Waals surface area contributed by atoms with Crippen LogP contribution in [0.2, 0.25) is 0 Å². The molecule has 0 saturated heterocycles. The lowest BCUT2D eigenvalue weighted by Crippen LogP contribution is -2.14. The van der Waals surface area contributed by atoms with Crippen LogP contribution in [0, 0.1) is 25.2 Å². The molecule has 0 aliphatic heterocycles. The van der Waals surface area contributed by atoms with Gasteiger partial charge in [-0.1, -0.05) is 0 Å². The number of carbonyl (C=O) groups is 1. The van der Waals surface area contributed by atoms with Crippen LogP contribution in [0.15, 0.2) is 12.4 Å². The SMILES string of the molecule is Cc1cc(C(=O)Nc2nc[nH]c2C#N)c2c(C)nn(C)c2n1. The van der Waals surface area contributed by atoms with Crippen LogP contribution < -0.4 is 5.32 Å². The van der Waals surface area contributed by atoms with Gasteiger partial charge in [-0.3, -0.25) is 9.48 Å². The highest BCUT2D eigenvalue weighted by molar-refractivity contribution is 6.12. The second-order valence-corrected chi connectivity index (χ2v) is 4.91. The zero-order valence-electron chi connectivity index (χ0n) is 12.3. The Balaban J connectivity index is 2.10. The van der Waals surface area contributed by atoms with Crippen LogP contribution in [-0.2, 0) is 7.05 Å². The first kappa shape index (κ1) is 13.8. The van der Waals surface area contributed by atoms with E-state index >= 15 is 0 Å². The lowest BCUT2D eigenvalue weighted by atomic mass is 10.1. The monoisotopic (exact) mass is 295 g/mol. The van der Waals surface area contributed by atoms with Crippen LogP contribution in [0.3, 0.4) is 0 Å². The Kier molecular flexibility index (Phi) is 3.10. The number of pyridine rings is 1. The summed E-state index contributed by atoms with van der Waals surface area (Å²) in [6, 6.07) is 3.63. The number of fused-ring (bicyclic) bond motifs is 1. The second-order valence-electron chi connectivity index (χ2n) is 4.91. The van der Waals surface area contributed by atoms with E-state index in [-0.39, 0.29) is 17.4 Å². The van der Waals surface area contributed by atoms with E-state index in [9.17, 15) is 4.79 Å². The van der Waals surface area contributed by atoms with Crippen molar-refractivity contribution in [3.05, 3.63) is 35.0 Å². The third kappa shape index (κ3) is 2.09. The molecule has 3 rings (SSSR count). The average Bonchev–Trinajstić information content (AvgIpc) is 3.03. The van der Waals surface area contributed by atoms with E-state index in [0.717, 1.165) is 5.69 Å². The Labute approximate surface area is 125 Å². The summed E-state index contributed by atoms with van der Waals surface area (Å²) >= 11 is 0. The van der Waals surface area contributed by atoms with Crippen molar-refractivity contribution in [3.63, 3.8) is 0 Å². The van der Waals surface area contributed by atoms with Gasteiger partial charge in [0.15, 0.2) is 17.2 Å². The molecule has 0 fully saturated rings. The largest absolute Gasteiger partial charge is 0.335 e. The second kappa shape index (κ2) is 4.96. The first-order chi connectivity index (χ1) is 10.5. The van der Waals surface area contributed by atoms with Gasteiger partial charge in [0.05, 0.1) is 23.0 Å². The smallest absolute Gasteiger partial charge is 0.257 e. The topological polar surface area (TPSA) is 112 Å². The van der Waals surface area contributed by atoms with Gasteiger partial charge in [-0.05, 0) is 19.9 Å². The number of carbonyl (C=O) groups excluding carboxylic acids is 1. The van der Waals surface area contributed by atoms with E-state index in [1.165, 1.54) is 6.33 Å². The van der Waals surface area contributed by atoms with Crippen molar-refractivity contribution in [2.75, 3.05) is 5.32 Å². The number of H-pyrrole nitrogens is 1. The summed E-state index contributed by atoms with van der Waals surface area (Å²) < 4.78 is 1.64. The molecule has 0 atom stereocenters. The van der Waals surface area contributed by atoms with Crippen molar-refractivity contribution < 1.29 is 4.79 Å². The first-order valence-corrected chi connectivity index (χ1v) is 6.57. The molecule has 1 amide bonds. The van der Waals surface area contributed by atoms with Crippen molar-refractivity contribution in [2.45, 2.75) is 13.8 Å². The molecule has 22 heavy (non-hydrogen) atoms. The van der Waals surface area contributed by atoms with Crippen LogP contribution in [0.4, 0.5) is 5.82 Å². The number of amides is 1. The number of rotatable bonds is 2. The highest BCUT2D eigenvalue weighted by Gasteiger charge is 2.19. The van der Waals surface area contributed by atoms with Crippen LogP contribution >= 0.6 is 0 Å². The van der Waals surface area contributed by atoms with Gasteiger partial charge in [0, 0.05) is 12.7 Å². The van der Waals surface area contributed by atoms with Crippen LogP contribution in [0.25, 0.3) is 11.0 Å². The maximum Gasteiger partial charge on any atom is 0.257 e. The summed E-state index contributed by atoms with van der Waals surface area (Å²) in [5, 5.41) is 16.6. The molecule has 3 aromatic rings. The number of imidazole rings is 1. The van der Waals surface area contributed by atoms with Crippen LogP contribution in [0.1, 0.15) is 27.4 Å². The van der Waals surface area contributed by atoms with Gasteiger partial charge in [0.1, 0.15) is 6.07 Å². The molecule has 0 bridgehead atoms.